The van der Waals surface area contributed by atoms with Crippen molar-refractivity contribution in [2.75, 3.05) is 12.0 Å². The highest BCUT2D eigenvalue weighted by Crippen LogP contribution is 2.34. The third-order valence-electron chi connectivity index (χ3n) is 2.40. The van der Waals surface area contributed by atoms with Gasteiger partial charge in [0.1, 0.15) is 5.69 Å². The van der Waals surface area contributed by atoms with Gasteiger partial charge in [-0.2, -0.15) is 0 Å². The van der Waals surface area contributed by atoms with Gasteiger partial charge in [0.25, 0.3) is 0 Å². The predicted molar refractivity (Wildman–Crippen MR) is 74.9 cm³/mol. The Morgan fingerprint density at radius 2 is 2.00 bits per heavy atom. The van der Waals surface area contributed by atoms with Gasteiger partial charge in [-0.15, -0.1) is 0 Å². The summed E-state index contributed by atoms with van der Waals surface area (Å²) in [5, 5.41) is 4.41. The number of halogens is 2. The van der Waals surface area contributed by atoms with Crippen molar-refractivity contribution in [2.45, 2.75) is 5.75 Å². The van der Waals surface area contributed by atoms with Gasteiger partial charge in [0.15, 0.2) is 9.84 Å². The number of nitrogens with two attached hydrogens (primary N) is 1. The van der Waals surface area contributed by atoms with Crippen molar-refractivity contribution in [1.82, 2.24) is 5.16 Å². The van der Waals surface area contributed by atoms with Gasteiger partial charge in [-0.1, -0.05) is 34.4 Å². The zero-order chi connectivity index (χ0) is 14.2. The fraction of sp³-hybridized carbons (Fsp3) is 0.182. The second kappa shape index (κ2) is 5.03. The van der Waals surface area contributed by atoms with Crippen molar-refractivity contribution in [3.63, 3.8) is 0 Å². The number of anilines is 1. The summed E-state index contributed by atoms with van der Waals surface area (Å²) in [6.07, 6.45) is 1.11. The lowest BCUT2D eigenvalue weighted by Crippen LogP contribution is -2.02. The van der Waals surface area contributed by atoms with Gasteiger partial charge in [0.2, 0.25) is 5.88 Å². The van der Waals surface area contributed by atoms with E-state index in [1.54, 1.807) is 18.2 Å². The van der Waals surface area contributed by atoms with Crippen LogP contribution >= 0.6 is 23.2 Å². The Kier molecular flexibility index (Phi) is 3.75. The SMILES string of the molecule is CS(=O)(=O)Cc1noc(N)c1-c1ccc(Cl)c(Cl)c1. The van der Waals surface area contributed by atoms with Crippen LogP contribution < -0.4 is 5.73 Å². The zero-order valence-electron chi connectivity index (χ0n) is 9.85. The lowest BCUT2D eigenvalue weighted by molar-refractivity contribution is 0.430. The van der Waals surface area contributed by atoms with Crippen molar-refractivity contribution < 1.29 is 12.9 Å². The average molecular weight is 321 g/mol. The number of hydrogen-bond donors (Lipinski definition) is 1. The highest BCUT2D eigenvalue weighted by molar-refractivity contribution is 7.89. The molecule has 5 nitrogen and oxygen atoms in total. The summed E-state index contributed by atoms with van der Waals surface area (Å²) in [4.78, 5) is 0. The Balaban J connectivity index is 2.55. The first kappa shape index (κ1) is 14.2. The summed E-state index contributed by atoms with van der Waals surface area (Å²) in [6, 6.07) is 4.84. The molecule has 2 aromatic rings. The maximum Gasteiger partial charge on any atom is 0.230 e. The minimum Gasteiger partial charge on any atom is -0.367 e. The summed E-state index contributed by atoms with van der Waals surface area (Å²) in [6.45, 7) is 0. The molecule has 0 bridgehead atoms. The molecule has 0 atom stereocenters. The second-order valence-electron chi connectivity index (χ2n) is 4.07. The normalized spacial score (nSPS) is 11.7. The van der Waals surface area contributed by atoms with Crippen LogP contribution in [0.5, 0.6) is 0 Å². The van der Waals surface area contributed by atoms with E-state index in [2.05, 4.69) is 5.16 Å². The van der Waals surface area contributed by atoms with Crippen molar-refractivity contribution >= 4 is 38.9 Å². The average Bonchev–Trinajstić information content (AvgIpc) is 2.62. The smallest absolute Gasteiger partial charge is 0.230 e. The molecule has 0 radical (unpaired) electrons. The molecule has 2 rings (SSSR count). The van der Waals surface area contributed by atoms with Gasteiger partial charge in [0.05, 0.1) is 21.4 Å². The van der Waals surface area contributed by atoms with E-state index in [-0.39, 0.29) is 17.3 Å². The number of aromatic nitrogens is 1. The van der Waals surface area contributed by atoms with Gasteiger partial charge in [-0.05, 0) is 17.7 Å². The summed E-state index contributed by atoms with van der Waals surface area (Å²) in [5.74, 6) is -0.222. The maximum atomic E-state index is 11.3. The summed E-state index contributed by atoms with van der Waals surface area (Å²) < 4.78 is 27.5. The summed E-state index contributed by atoms with van der Waals surface area (Å²) in [5.41, 5.74) is 6.95. The van der Waals surface area contributed by atoms with Crippen LogP contribution in [0, 0.1) is 0 Å². The minimum absolute atomic E-state index is 0.0389. The molecule has 1 aromatic carbocycles. The molecule has 0 amide bonds. The molecule has 0 saturated carbocycles. The monoisotopic (exact) mass is 320 g/mol. The number of benzene rings is 1. The van der Waals surface area contributed by atoms with Crippen LogP contribution in [0.3, 0.4) is 0 Å². The molecule has 0 fully saturated rings. The number of hydrogen-bond acceptors (Lipinski definition) is 5. The minimum atomic E-state index is -3.25. The van der Waals surface area contributed by atoms with Crippen LogP contribution in [-0.4, -0.2) is 19.8 Å². The van der Waals surface area contributed by atoms with E-state index in [1.165, 1.54) is 0 Å². The fourth-order valence-corrected chi connectivity index (χ4v) is 2.64. The lowest BCUT2D eigenvalue weighted by Gasteiger charge is -2.03. The van der Waals surface area contributed by atoms with Crippen LogP contribution in [0.2, 0.25) is 10.0 Å². The van der Waals surface area contributed by atoms with Crippen LogP contribution in [0.1, 0.15) is 5.69 Å². The van der Waals surface area contributed by atoms with Gasteiger partial charge in [-0.25, -0.2) is 8.42 Å². The molecule has 1 aromatic heterocycles. The summed E-state index contributed by atoms with van der Waals surface area (Å²) in [7, 11) is -3.25. The highest BCUT2D eigenvalue weighted by Gasteiger charge is 2.20. The molecule has 0 aliphatic carbocycles. The molecular weight excluding hydrogens is 311 g/mol. The van der Waals surface area contributed by atoms with E-state index < -0.39 is 9.84 Å². The second-order valence-corrected chi connectivity index (χ2v) is 7.02. The molecule has 8 heteroatoms. The molecule has 2 N–H and O–H groups in total. The molecule has 102 valence electrons. The third-order valence-corrected chi connectivity index (χ3v) is 3.93. The summed E-state index contributed by atoms with van der Waals surface area (Å²) >= 11 is 11.8. The van der Waals surface area contributed by atoms with Crippen LogP contribution in [0.4, 0.5) is 5.88 Å². The maximum absolute atomic E-state index is 11.3. The molecule has 1 heterocycles. The zero-order valence-corrected chi connectivity index (χ0v) is 12.2. The molecule has 0 aliphatic heterocycles. The van der Waals surface area contributed by atoms with Gasteiger partial charge in [0, 0.05) is 6.26 Å². The van der Waals surface area contributed by atoms with E-state index in [0.29, 0.717) is 21.2 Å². The first-order valence-corrected chi connectivity index (χ1v) is 7.97. The topological polar surface area (TPSA) is 86.2 Å². The van der Waals surface area contributed by atoms with Crippen molar-refractivity contribution in [2.24, 2.45) is 0 Å². The number of nitrogen functional groups attached to an aromatic ring is 1. The van der Waals surface area contributed by atoms with Crippen molar-refractivity contribution in [1.29, 1.82) is 0 Å². The Labute approximate surface area is 120 Å². The molecule has 0 aliphatic rings. The van der Waals surface area contributed by atoms with E-state index >= 15 is 0 Å². The van der Waals surface area contributed by atoms with Gasteiger partial charge in [-0.3, -0.25) is 0 Å². The highest BCUT2D eigenvalue weighted by atomic mass is 35.5. The van der Waals surface area contributed by atoms with Crippen LogP contribution in [0.25, 0.3) is 11.1 Å². The molecule has 0 unspecified atom stereocenters. The molecule has 0 spiro atoms. The number of rotatable bonds is 3. The Hall–Kier alpha value is -1.24. The molecule has 0 saturated heterocycles. The van der Waals surface area contributed by atoms with Gasteiger partial charge >= 0.3 is 0 Å². The largest absolute Gasteiger partial charge is 0.367 e. The molecular formula is C11H10Cl2N2O3S. The van der Waals surface area contributed by atoms with E-state index in [0.717, 1.165) is 6.26 Å². The quantitative estimate of drug-likeness (QED) is 0.939. The van der Waals surface area contributed by atoms with Crippen molar-refractivity contribution in [3.05, 3.63) is 33.9 Å². The predicted octanol–water partition coefficient (Wildman–Crippen LogP) is 2.78. The van der Waals surface area contributed by atoms with Crippen LogP contribution in [0.15, 0.2) is 22.7 Å². The first-order chi connectivity index (χ1) is 8.78. The first-order valence-electron chi connectivity index (χ1n) is 5.15. The van der Waals surface area contributed by atoms with Crippen LogP contribution in [-0.2, 0) is 15.6 Å². The lowest BCUT2D eigenvalue weighted by atomic mass is 10.1. The molecule has 19 heavy (non-hydrogen) atoms. The number of nitrogens with zero attached hydrogens (tertiary/aromatic N) is 1. The third kappa shape index (κ3) is 3.20. The van der Waals surface area contributed by atoms with E-state index in [4.69, 9.17) is 33.5 Å². The van der Waals surface area contributed by atoms with Gasteiger partial charge < -0.3 is 10.3 Å². The van der Waals surface area contributed by atoms with E-state index in [9.17, 15) is 8.42 Å². The fourth-order valence-electron chi connectivity index (χ4n) is 1.65. The Bertz CT molecular complexity index is 726. The van der Waals surface area contributed by atoms with E-state index in [1.807, 2.05) is 0 Å². The number of sulfone groups is 1. The standard InChI is InChI=1S/C11H10Cl2N2O3S/c1-19(16,17)5-9-10(11(14)18-15-9)6-2-3-7(12)8(13)4-6/h2-4H,5,14H2,1H3. The Morgan fingerprint density at radius 3 is 2.58 bits per heavy atom. The van der Waals surface area contributed by atoms with Crippen molar-refractivity contribution in [3.8, 4) is 11.1 Å². The Morgan fingerprint density at radius 1 is 1.32 bits per heavy atom.